The summed E-state index contributed by atoms with van der Waals surface area (Å²) < 4.78 is 5.94. The minimum Gasteiger partial charge on any atom is -0.373 e. The van der Waals surface area contributed by atoms with Crippen LogP contribution < -0.4 is 5.73 Å². The van der Waals surface area contributed by atoms with Crippen LogP contribution in [0.15, 0.2) is 0 Å². The van der Waals surface area contributed by atoms with Gasteiger partial charge in [-0.05, 0) is 26.3 Å². The molecular formula is C10H18N2O. The van der Waals surface area contributed by atoms with Crippen molar-refractivity contribution in [2.24, 2.45) is 11.7 Å². The Balaban J connectivity index is 1.82. The SMILES string of the molecule is CN1CCC2(CC1)OCC1CC12N. The Morgan fingerprint density at radius 3 is 2.54 bits per heavy atom. The van der Waals surface area contributed by atoms with Crippen molar-refractivity contribution in [2.75, 3.05) is 26.7 Å². The topological polar surface area (TPSA) is 38.5 Å². The zero-order valence-electron chi connectivity index (χ0n) is 8.25. The maximum atomic E-state index is 6.36. The molecule has 3 fully saturated rings. The predicted octanol–water partition coefficient (Wildman–Crippen LogP) is 0.198. The summed E-state index contributed by atoms with van der Waals surface area (Å²) in [6.07, 6.45) is 3.48. The van der Waals surface area contributed by atoms with Crippen LogP contribution in [0.1, 0.15) is 19.3 Å². The number of piperidine rings is 1. The van der Waals surface area contributed by atoms with Gasteiger partial charge in [-0.2, -0.15) is 0 Å². The molecule has 2 atom stereocenters. The Hall–Kier alpha value is -0.120. The van der Waals surface area contributed by atoms with Crippen LogP contribution in [0.2, 0.25) is 0 Å². The molecule has 2 unspecified atom stereocenters. The van der Waals surface area contributed by atoms with Crippen LogP contribution >= 0.6 is 0 Å². The number of ether oxygens (including phenoxy) is 1. The van der Waals surface area contributed by atoms with Crippen molar-refractivity contribution in [3.05, 3.63) is 0 Å². The monoisotopic (exact) mass is 182 g/mol. The minimum absolute atomic E-state index is 0.0597. The zero-order valence-corrected chi connectivity index (χ0v) is 8.25. The van der Waals surface area contributed by atoms with Crippen LogP contribution in [0.3, 0.4) is 0 Å². The molecule has 2 heterocycles. The summed E-state index contributed by atoms with van der Waals surface area (Å²) >= 11 is 0. The second-order valence-corrected chi connectivity index (χ2v) is 5.05. The number of likely N-dealkylation sites (tertiary alicyclic amines) is 1. The van der Waals surface area contributed by atoms with Gasteiger partial charge < -0.3 is 15.4 Å². The van der Waals surface area contributed by atoms with Gasteiger partial charge in [0, 0.05) is 19.0 Å². The van der Waals surface area contributed by atoms with Gasteiger partial charge in [0.15, 0.2) is 0 Å². The molecule has 0 radical (unpaired) electrons. The molecule has 3 rings (SSSR count). The van der Waals surface area contributed by atoms with Crippen LogP contribution in [0.4, 0.5) is 0 Å². The Labute approximate surface area is 79.2 Å². The summed E-state index contributed by atoms with van der Waals surface area (Å²) in [5, 5.41) is 0. The van der Waals surface area contributed by atoms with Gasteiger partial charge in [0.1, 0.15) is 0 Å². The van der Waals surface area contributed by atoms with Gasteiger partial charge in [0.2, 0.25) is 0 Å². The molecule has 0 amide bonds. The Bertz CT molecular complexity index is 233. The van der Waals surface area contributed by atoms with Crippen molar-refractivity contribution in [3.8, 4) is 0 Å². The van der Waals surface area contributed by atoms with Gasteiger partial charge in [-0.25, -0.2) is 0 Å². The molecule has 3 aliphatic rings. The number of hydrogen-bond acceptors (Lipinski definition) is 3. The zero-order chi connectivity index (χ0) is 9.10. The third-order valence-electron chi connectivity index (χ3n) is 4.36. The first kappa shape index (κ1) is 8.21. The third-order valence-corrected chi connectivity index (χ3v) is 4.36. The molecule has 2 saturated heterocycles. The Kier molecular flexibility index (Phi) is 1.43. The van der Waals surface area contributed by atoms with Crippen molar-refractivity contribution in [1.29, 1.82) is 0 Å². The summed E-state index contributed by atoms with van der Waals surface area (Å²) in [6, 6.07) is 0. The lowest BCUT2D eigenvalue weighted by atomic mass is 9.82. The van der Waals surface area contributed by atoms with Gasteiger partial charge in [0.25, 0.3) is 0 Å². The molecule has 3 heteroatoms. The maximum absolute atomic E-state index is 6.36. The van der Waals surface area contributed by atoms with Crippen LogP contribution in [0, 0.1) is 5.92 Å². The molecular weight excluding hydrogens is 164 g/mol. The molecule has 13 heavy (non-hydrogen) atoms. The summed E-state index contributed by atoms with van der Waals surface area (Å²) in [5.41, 5.74) is 6.49. The highest BCUT2D eigenvalue weighted by Gasteiger charge is 2.69. The highest BCUT2D eigenvalue weighted by molar-refractivity contribution is 5.24. The van der Waals surface area contributed by atoms with E-state index in [2.05, 4.69) is 11.9 Å². The molecule has 2 N–H and O–H groups in total. The Morgan fingerprint density at radius 2 is 2.08 bits per heavy atom. The maximum Gasteiger partial charge on any atom is 0.0889 e. The molecule has 74 valence electrons. The van der Waals surface area contributed by atoms with Crippen molar-refractivity contribution >= 4 is 0 Å². The summed E-state index contributed by atoms with van der Waals surface area (Å²) in [7, 11) is 2.18. The van der Waals surface area contributed by atoms with Crippen molar-refractivity contribution < 1.29 is 4.74 Å². The van der Waals surface area contributed by atoms with Crippen molar-refractivity contribution in [1.82, 2.24) is 4.90 Å². The van der Waals surface area contributed by atoms with E-state index in [0.717, 1.165) is 32.5 Å². The molecule has 0 aromatic heterocycles. The summed E-state index contributed by atoms with van der Waals surface area (Å²) in [6.45, 7) is 3.21. The lowest BCUT2D eigenvalue weighted by molar-refractivity contribution is -0.0701. The van der Waals surface area contributed by atoms with E-state index in [4.69, 9.17) is 10.5 Å². The molecule has 2 aliphatic heterocycles. The van der Waals surface area contributed by atoms with Gasteiger partial charge in [-0.3, -0.25) is 0 Å². The molecule has 0 aromatic carbocycles. The average molecular weight is 182 g/mol. The number of fused-ring (bicyclic) bond motifs is 2. The van der Waals surface area contributed by atoms with Crippen LogP contribution in [-0.2, 0) is 4.74 Å². The normalized spacial score (nSPS) is 48.0. The van der Waals surface area contributed by atoms with E-state index in [-0.39, 0.29) is 11.1 Å². The van der Waals surface area contributed by atoms with E-state index in [1.165, 1.54) is 6.42 Å². The third kappa shape index (κ3) is 0.901. The lowest BCUT2D eigenvalue weighted by Gasteiger charge is -2.42. The van der Waals surface area contributed by atoms with Crippen LogP contribution in [-0.4, -0.2) is 42.8 Å². The molecule has 0 aromatic rings. The van der Waals surface area contributed by atoms with E-state index in [1.807, 2.05) is 0 Å². The van der Waals surface area contributed by atoms with E-state index >= 15 is 0 Å². The first-order chi connectivity index (χ1) is 6.16. The molecule has 0 bridgehead atoms. The van der Waals surface area contributed by atoms with Crippen LogP contribution in [0.5, 0.6) is 0 Å². The summed E-state index contributed by atoms with van der Waals surface area (Å²) in [4.78, 5) is 2.37. The fourth-order valence-electron chi connectivity index (χ4n) is 3.10. The van der Waals surface area contributed by atoms with E-state index in [0.29, 0.717) is 5.92 Å². The fourth-order valence-corrected chi connectivity index (χ4v) is 3.10. The highest BCUT2D eigenvalue weighted by Crippen LogP contribution is 2.59. The van der Waals surface area contributed by atoms with Crippen molar-refractivity contribution in [3.63, 3.8) is 0 Å². The molecule has 1 spiro atoms. The molecule has 1 aliphatic carbocycles. The molecule has 1 saturated carbocycles. The quantitative estimate of drug-likeness (QED) is 0.581. The van der Waals surface area contributed by atoms with Crippen molar-refractivity contribution in [2.45, 2.75) is 30.4 Å². The number of nitrogens with zero attached hydrogens (tertiary/aromatic N) is 1. The van der Waals surface area contributed by atoms with Gasteiger partial charge >= 0.3 is 0 Å². The number of rotatable bonds is 0. The first-order valence-electron chi connectivity index (χ1n) is 5.28. The van der Waals surface area contributed by atoms with E-state index < -0.39 is 0 Å². The van der Waals surface area contributed by atoms with E-state index in [1.54, 1.807) is 0 Å². The number of nitrogens with two attached hydrogens (primary N) is 1. The fraction of sp³-hybridized carbons (Fsp3) is 1.00. The summed E-state index contributed by atoms with van der Waals surface area (Å²) in [5.74, 6) is 0.677. The first-order valence-corrected chi connectivity index (χ1v) is 5.28. The molecule has 3 nitrogen and oxygen atoms in total. The predicted molar refractivity (Wildman–Crippen MR) is 50.4 cm³/mol. The van der Waals surface area contributed by atoms with Gasteiger partial charge in [-0.15, -0.1) is 0 Å². The Morgan fingerprint density at radius 1 is 1.38 bits per heavy atom. The second-order valence-electron chi connectivity index (χ2n) is 5.05. The van der Waals surface area contributed by atoms with Crippen LogP contribution in [0.25, 0.3) is 0 Å². The standard InChI is InChI=1S/C10H18N2O/c1-12-4-2-9(3-5-12)10(11)6-8(10)7-13-9/h8H,2-7,11H2,1H3. The second kappa shape index (κ2) is 2.27. The van der Waals surface area contributed by atoms with Gasteiger partial charge in [0.05, 0.1) is 17.7 Å². The highest BCUT2D eigenvalue weighted by atomic mass is 16.5. The lowest BCUT2D eigenvalue weighted by Crippen LogP contribution is -2.55. The largest absolute Gasteiger partial charge is 0.373 e. The van der Waals surface area contributed by atoms with E-state index in [9.17, 15) is 0 Å². The number of hydrogen-bond donors (Lipinski definition) is 1. The average Bonchev–Trinajstić information content (AvgIpc) is 2.72. The van der Waals surface area contributed by atoms with Gasteiger partial charge in [-0.1, -0.05) is 0 Å². The minimum atomic E-state index is 0.0597. The smallest absolute Gasteiger partial charge is 0.0889 e.